The van der Waals surface area contributed by atoms with E-state index < -0.39 is 11.9 Å². The maximum atomic E-state index is 13.5. The zero-order chi connectivity index (χ0) is 25.5. The highest BCUT2D eigenvalue weighted by atomic mass is 32.2. The third kappa shape index (κ3) is 3.79. The quantitative estimate of drug-likeness (QED) is 0.324. The molecule has 1 spiro atoms. The van der Waals surface area contributed by atoms with E-state index in [4.69, 9.17) is 0 Å². The van der Waals surface area contributed by atoms with Crippen LogP contribution < -0.4 is 0 Å². The fourth-order valence-electron chi connectivity index (χ4n) is 9.77. The lowest BCUT2D eigenvalue weighted by Gasteiger charge is -2.63. The molecule has 0 bridgehead atoms. The van der Waals surface area contributed by atoms with Crippen molar-refractivity contribution in [2.24, 2.45) is 45.8 Å². The lowest BCUT2D eigenvalue weighted by molar-refractivity contribution is -0.162. The first-order valence-electron chi connectivity index (χ1n) is 13.5. The number of Topliss-reactive ketones (excluding diaryl/α,β-unsaturated/α-hetero) is 2. The van der Waals surface area contributed by atoms with E-state index >= 15 is 0 Å². The van der Waals surface area contributed by atoms with Crippen molar-refractivity contribution >= 4 is 23.3 Å². The summed E-state index contributed by atoms with van der Waals surface area (Å²) in [6, 6.07) is 0.861. The summed E-state index contributed by atoms with van der Waals surface area (Å²) >= 11 is 1.03. The molecular formula is C28H35F3N2O2S. The first-order chi connectivity index (χ1) is 17.0. The minimum absolute atomic E-state index is 0.0124. The highest BCUT2D eigenvalue weighted by Crippen LogP contribution is 2.78. The zero-order valence-electron chi connectivity index (χ0n) is 21.1. The lowest BCUT2D eigenvalue weighted by Crippen LogP contribution is -2.58. The lowest BCUT2D eigenvalue weighted by atomic mass is 9.41. The highest BCUT2D eigenvalue weighted by molar-refractivity contribution is 7.99. The summed E-state index contributed by atoms with van der Waals surface area (Å²) in [6.07, 6.45) is 6.91. The van der Waals surface area contributed by atoms with Gasteiger partial charge in [0.25, 0.3) is 0 Å². The van der Waals surface area contributed by atoms with Crippen molar-refractivity contribution in [1.82, 2.24) is 9.97 Å². The molecule has 4 nitrogen and oxygen atoms in total. The molecule has 8 heteroatoms. The van der Waals surface area contributed by atoms with Gasteiger partial charge in [-0.25, -0.2) is 9.97 Å². The maximum absolute atomic E-state index is 13.5. The molecule has 1 heterocycles. The molecule has 0 saturated heterocycles. The monoisotopic (exact) mass is 520 g/mol. The third-order valence-corrected chi connectivity index (χ3v) is 12.1. The average Bonchev–Trinajstić information content (AvgIpc) is 3.48. The molecule has 6 rings (SSSR count). The predicted octanol–water partition coefficient (Wildman–Crippen LogP) is 6.77. The van der Waals surface area contributed by atoms with Crippen LogP contribution in [0.4, 0.5) is 13.2 Å². The number of aromatic nitrogens is 2. The van der Waals surface area contributed by atoms with Crippen LogP contribution in [0.15, 0.2) is 17.4 Å². The van der Waals surface area contributed by atoms with Gasteiger partial charge in [0, 0.05) is 25.0 Å². The molecule has 1 aromatic heterocycles. The summed E-state index contributed by atoms with van der Waals surface area (Å²) < 4.78 is 39.1. The Morgan fingerprint density at radius 2 is 1.89 bits per heavy atom. The Labute approximate surface area is 215 Å². The van der Waals surface area contributed by atoms with Gasteiger partial charge >= 0.3 is 6.18 Å². The summed E-state index contributed by atoms with van der Waals surface area (Å²) in [6.45, 7) is 4.82. The van der Waals surface area contributed by atoms with Crippen molar-refractivity contribution in [2.45, 2.75) is 89.4 Å². The second-order valence-electron chi connectivity index (χ2n) is 12.9. The Hall–Kier alpha value is -1.44. The summed E-state index contributed by atoms with van der Waals surface area (Å²) in [7, 11) is 0. The number of nitrogens with zero attached hydrogens (tertiary/aromatic N) is 2. The van der Waals surface area contributed by atoms with E-state index in [-0.39, 0.29) is 33.4 Å². The van der Waals surface area contributed by atoms with Crippen molar-refractivity contribution in [1.29, 1.82) is 0 Å². The first kappa shape index (κ1) is 24.9. The summed E-state index contributed by atoms with van der Waals surface area (Å²) in [5, 5.41) is 0.0124. The predicted molar refractivity (Wildman–Crippen MR) is 130 cm³/mol. The third-order valence-electron chi connectivity index (χ3n) is 11.2. The molecule has 5 saturated carbocycles. The van der Waals surface area contributed by atoms with Gasteiger partial charge in [0.05, 0.1) is 5.75 Å². The van der Waals surface area contributed by atoms with Crippen LogP contribution in [-0.4, -0.2) is 27.3 Å². The SMILES string of the molecule is CC12CC3(CC3)C3C(CCC4CC(=O)CCC43C)C1CCC2C(=O)CSc1nccc(C(F)(F)F)n1. The maximum Gasteiger partial charge on any atom is 0.433 e. The van der Waals surface area contributed by atoms with Crippen molar-refractivity contribution in [3.63, 3.8) is 0 Å². The molecule has 0 radical (unpaired) electrons. The number of rotatable bonds is 4. The fourth-order valence-corrected chi connectivity index (χ4v) is 10.5. The Kier molecular flexibility index (Phi) is 5.72. The second-order valence-corrected chi connectivity index (χ2v) is 13.9. The number of carbonyl (C=O) groups is 2. The van der Waals surface area contributed by atoms with Crippen LogP contribution in [0.5, 0.6) is 0 Å². The zero-order valence-corrected chi connectivity index (χ0v) is 21.9. The van der Waals surface area contributed by atoms with Gasteiger partial charge in [0.2, 0.25) is 0 Å². The van der Waals surface area contributed by atoms with E-state index in [2.05, 4.69) is 23.8 Å². The molecule has 5 aliphatic rings. The number of hydrogen-bond acceptors (Lipinski definition) is 5. The van der Waals surface area contributed by atoms with Gasteiger partial charge in [-0.3, -0.25) is 9.59 Å². The number of halogens is 3. The van der Waals surface area contributed by atoms with E-state index in [0.717, 1.165) is 69.0 Å². The fraction of sp³-hybridized carbons (Fsp3) is 0.786. The highest BCUT2D eigenvalue weighted by Gasteiger charge is 2.71. The molecule has 0 aromatic carbocycles. The normalized spacial score (nSPS) is 40.9. The van der Waals surface area contributed by atoms with Crippen molar-refractivity contribution in [2.75, 3.05) is 5.75 Å². The van der Waals surface area contributed by atoms with Crippen molar-refractivity contribution in [3.8, 4) is 0 Å². The molecule has 0 N–H and O–H groups in total. The van der Waals surface area contributed by atoms with Crippen LogP contribution in [0.25, 0.3) is 0 Å². The first-order valence-corrected chi connectivity index (χ1v) is 14.5. The number of ketones is 2. The molecule has 5 aliphatic carbocycles. The van der Waals surface area contributed by atoms with Crippen LogP contribution in [0.1, 0.15) is 83.7 Å². The molecule has 5 fully saturated rings. The van der Waals surface area contributed by atoms with Crippen LogP contribution in [0.3, 0.4) is 0 Å². The van der Waals surface area contributed by atoms with Gasteiger partial charge in [-0.1, -0.05) is 25.6 Å². The number of carbonyl (C=O) groups excluding carboxylic acids is 2. The Balaban J connectivity index is 1.21. The van der Waals surface area contributed by atoms with Gasteiger partial charge in [0.1, 0.15) is 17.3 Å². The largest absolute Gasteiger partial charge is 0.433 e. The second kappa shape index (κ2) is 8.28. The standard InChI is InChI=1S/C28H35F3N2O2S/c1-25-9-7-17(34)13-16(25)3-4-18-19-5-6-20(26(19,2)15-27(10-11-27)23(18)25)21(35)14-36-24-32-12-8-22(33-24)28(29,30)31/h8,12,16,18-20,23H,3-7,9-11,13-15H2,1-2H3. The van der Waals surface area contributed by atoms with Crippen LogP contribution in [0.2, 0.25) is 0 Å². The van der Waals surface area contributed by atoms with E-state index in [1.165, 1.54) is 19.3 Å². The van der Waals surface area contributed by atoms with Crippen molar-refractivity contribution < 1.29 is 22.8 Å². The summed E-state index contributed by atoms with van der Waals surface area (Å²) in [5.74, 6) is 2.99. The van der Waals surface area contributed by atoms with E-state index in [1.807, 2.05) is 0 Å². The number of fused-ring (bicyclic) bond motifs is 6. The Morgan fingerprint density at radius 3 is 2.61 bits per heavy atom. The minimum atomic E-state index is -4.52. The number of hydrogen-bond donors (Lipinski definition) is 0. The van der Waals surface area contributed by atoms with Gasteiger partial charge in [-0.2, -0.15) is 13.2 Å². The molecule has 7 unspecified atom stereocenters. The van der Waals surface area contributed by atoms with Gasteiger partial charge in [0.15, 0.2) is 5.16 Å². The smallest absolute Gasteiger partial charge is 0.300 e. The van der Waals surface area contributed by atoms with Crippen LogP contribution in [-0.2, 0) is 15.8 Å². The summed E-state index contributed by atoms with van der Waals surface area (Å²) in [4.78, 5) is 33.4. The molecule has 36 heavy (non-hydrogen) atoms. The topological polar surface area (TPSA) is 59.9 Å². The average molecular weight is 521 g/mol. The van der Waals surface area contributed by atoms with Gasteiger partial charge in [-0.05, 0) is 97.3 Å². The molecule has 0 amide bonds. The Bertz CT molecular complexity index is 1090. The van der Waals surface area contributed by atoms with Crippen LogP contribution >= 0.6 is 11.8 Å². The van der Waals surface area contributed by atoms with E-state index in [9.17, 15) is 22.8 Å². The van der Waals surface area contributed by atoms with E-state index in [0.29, 0.717) is 34.9 Å². The van der Waals surface area contributed by atoms with Gasteiger partial charge < -0.3 is 0 Å². The van der Waals surface area contributed by atoms with Gasteiger partial charge in [-0.15, -0.1) is 0 Å². The molecule has 7 atom stereocenters. The summed E-state index contributed by atoms with van der Waals surface area (Å²) in [5.41, 5.74) is -0.461. The Morgan fingerprint density at radius 1 is 1.11 bits per heavy atom. The number of thioether (sulfide) groups is 1. The molecule has 1 aromatic rings. The van der Waals surface area contributed by atoms with Crippen LogP contribution in [0, 0.1) is 45.8 Å². The van der Waals surface area contributed by atoms with E-state index in [1.54, 1.807) is 0 Å². The van der Waals surface area contributed by atoms with Crippen molar-refractivity contribution in [3.05, 3.63) is 18.0 Å². The number of alkyl halides is 3. The minimum Gasteiger partial charge on any atom is -0.300 e. The molecular weight excluding hydrogens is 485 g/mol. The molecule has 0 aliphatic heterocycles. The molecule has 196 valence electrons.